The lowest BCUT2D eigenvalue weighted by atomic mass is 10.2. The number of aryl methyl sites for hydroxylation is 1. The number of amides is 1. The highest BCUT2D eigenvalue weighted by molar-refractivity contribution is 5.92. The van der Waals surface area contributed by atoms with Gasteiger partial charge in [-0.25, -0.2) is 8.78 Å². The molecule has 0 aromatic heterocycles. The van der Waals surface area contributed by atoms with Gasteiger partial charge in [-0.1, -0.05) is 6.07 Å². The number of rotatable bonds is 2. The van der Waals surface area contributed by atoms with E-state index in [2.05, 4.69) is 0 Å². The Hall–Kier alpha value is -1.96. The first-order valence-corrected chi connectivity index (χ1v) is 4.17. The maximum Gasteiger partial charge on any atom is 0.238 e. The first kappa shape index (κ1) is 11.1. The topological polar surface area (TPSA) is 52.9 Å². The second-order valence-corrected chi connectivity index (χ2v) is 2.94. The number of halogens is 2. The van der Waals surface area contributed by atoms with Gasteiger partial charge in [0, 0.05) is 0 Å². The molecule has 5 heteroatoms. The van der Waals surface area contributed by atoms with Crippen molar-refractivity contribution in [3.05, 3.63) is 29.3 Å². The lowest BCUT2D eigenvalue weighted by molar-refractivity contribution is -0.115. The van der Waals surface area contributed by atoms with E-state index in [-0.39, 0.29) is 5.56 Å². The fourth-order valence-electron chi connectivity index (χ4n) is 1.03. The van der Waals surface area contributed by atoms with Gasteiger partial charge in [0.05, 0.1) is 6.07 Å². The third-order valence-corrected chi connectivity index (χ3v) is 1.79. The Morgan fingerprint density at radius 2 is 2.20 bits per heavy atom. The van der Waals surface area contributed by atoms with Crippen LogP contribution in [0.3, 0.4) is 0 Å². The van der Waals surface area contributed by atoms with E-state index in [1.54, 1.807) is 6.07 Å². The van der Waals surface area contributed by atoms with Crippen molar-refractivity contribution in [2.45, 2.75) is 13.3 Å². The fraction of sp³-hybridized carbons (Fsp3) is 0.200. The number of nitrogens with zero attached hydrogens (tertiary/aromatic N) is 1. The summed E-state index contributed by atoms with van der Waals surface area (Å²) in [4.78, 5) is 11.0. The number of hydrogen-bond acceptors (Lipinski definition) is 2. The van der Waals surface area contributed by atoms with Crippen LogP contribution in [-0.2, 0) is 4.79 Å². The number of nitriles is 1. The van der Waals surface area contributed by atoms with E-state index < -0.39 is 29.6 Å². The molecule has 1 amide bonds. The largest absolute Gasteiger partial charge is 0.320 e. The fourth-order valence-corrected chi connectivity index (χ4v) is 1.03. The van der Waals surface area contributed by atoms with Crippen molar-refractivity contribution >= 4 is 11.6 Å². The van der Waals surface area contributed by atoms with Gasteiger partial charge in [-0.15, -0.1) is 0 Å². The second kappa shape index (κ2) is 4.51. The summed E-state index contributed by atoms with van der Waals surface area (Å²) in [5.41, 5.74) is -0.279. The molecule has 0 saturated carbocycles. The molecule has 0 fully saturated rings. The number of anilines is 1. The van der Waals surface area contributed by atoms with Crippen LogP contribution in [0.2, 0.25) is 0 Å². The Balaban J connectivity index is 3.00. The summed E-state index contributed by atoms with van der Waals surface area (Å²) in [6, 6.07) is 3.91. The number of carbonyl (C=O) groups is 1. The summed E-state index contributed by atoms with van der Waals surface area (Å²) < 4.78 is 26.4. The summed E-state index contributed by atoms with van der Waals surface area (Å²) in [6.07, 6.45) is -0.438. The van der Waals surface area contributed by atoms with Crippen LogP contribution in [0.15, 0.2) is 12.1 Å². The van der Waals surface area contributed by atoms with E-state index in [1.165, 1.54) is 13.0 Å². The van der Waals surface area contributed by atoms with E-state index in [1.807, 2.05) is 5.32 Å². The van der Waals surface area contributed by atoms with Crippen LogP contribution in [0, 0.1) is 29.9 Å². The van der Waals surface area contributed by atoms with Crippen molar-refractivity contribution in [1.82, 2.24) is 0 Å². The highest BCUT2D eigenvalue weighted by Gasteiger charge is 2.13. The molecule has 0 atom stereocenters. The van der Waals surface area contributed by atoms with Crippen LogP contribution in [0.4, 0.5) is 14.5 Å². The maximum atomic E-state index is 13.3. The molecule has 15 heavy (non-hydrogen) atoms. The zero-order chi connectivity index (χ0) is 11.4. The first-order chi connectivity index (χ1) is 7.06. The summed E-state index contributed by atoms with van der Waals surface area (Å²) in [5, 5.41) is 10.2. The molecule has 0 heterocycles. The molecule has 1 aromatic carbocycles. The van der Waals surface area contributed by atoms with Crippen molar-refractivity contribution in [3.8, 4) is 6.07 Å². The van der Waals surface area contributed by atoms with E-state index >= 15 is 0 Å². The molecule has 0 saturated heterocycles. The zero-order valence-electron chi connectivity index (χ0n) is 7.97. The Labute approximate surface area is 85.3 Å². The Kier molecular flexibility index (Phi) is 3.34. The highest BCUT2D eigenvalue weighted by atomic mass is 19.1. The summed E-state index contributed by atoms with van der Waals surface area (Å²) in [7, 11) is 0. The molecule has 0 aliphatic rings. The molecular weight excluding hydrogens is 202 g/mol. The molecule has 0 bridgehead atoms. The lowest BCUT2D eigenvalue weighted by Crippen LogP contribution is -2.13. The molecular formula is C10H8F2N2O. The molecule has 0 unspecified atom stereocenters. The van der Waals surface area contributed by atoms with Crippen LogP contribution < -0.4 is 5.32 Å². The standard InChI is InChI=1S/C10H8F2N2O/c1-6-2-3-7(11)10(9(6)12)14-8(15)4-5-13/h2-3H,4H2,1H3,(H,14,15). The van der Waals surface area contributed by atoms with Gasteiger partial charge < -0.3 is 5.32 Å². The number of nitrogens with one attached hydrogen (secondary N) is 1. The smallest absolute Gasteiger partial charge is 0.238 e. The average molecular weight is 210 g/mol. The first-order valence-electron chi connectivity index (χ1n) is 4.17. The third-order valence-electron chi connectivity index (χ3n) is 1.79. The minimum atomic E-state index is -0.857. The van der Waals surface area contributed by atoms with Gasteiger partial charge in [0.2, 0.25) is 5.91 Å². The van der Waals surface area contributed by atoms with Crippen LogP contribution >= 0.6 is 0 Å². The van der Waals surface area contributed by atoms with Gasteiger partial charge in [-0.05, 0) is 18.6 Å². The summed E-state index contributed by atoms with van der Waals surface area (Å²) >= 11 is 0. The molecule has 3 nitrogen and oxygen atoms in total. The quantitative estimate of drug-likeness (QED) is 0.812. The predicted molar refractivity (Wildman–Crippen MR) is 50.0 cm³/mol. The molecule has 0 aliphatic heterocycles. The summed E-state index contributed by atoms with van der Waals surface area (Å²) in [6.45, 7) is 1.45. The van der Waals surface area contributed by atoms with Crippen molar-refractivity contribution in [1.29, 1.82) is 5.26 Å². The lowest BCUT2D eigenvalue weighted by Gasteiger charge is -2.07. The van der Waals surface area contributed by atoms with Crippen molar-refractivity contribution < 1.29 is 13.6 Å². The van der Waals surface area contributed by atoms with Gasteiger partial charge in [0.25, 0.3) is 0 Å². The molecule has 78 valence electrons. The molecule has 1 aromatic rings. The van der Waals surface area contributed by atoms with E-state index in [0.29, 0.717) is 0 Å². The van der Waals surface area contributed by atoms with Gasteiger partial charge in [-0.3, -0.25) is 4.79 Å². The second-order valence-electron chi connectivity index (χ2n) is 2.94. The predicted octanol–water partition coefficient (Wildman–Crippen LogP) is 2.13. The van der Waals surface area contributed by atoms with Gasteiger partial charge in [-0.2, -0.15) is 5.26 Å². The van der Waals surface area contributed by atoms with Crippen LogP contribution in [-0.4, -0.2) is 5.91 Å². The zero-order valence-corrected chi connectivity index (χ0v) is 7.97. The van der Waals surface area contributed by atoms with Crippen LogP contribution in [0.5, 0.6) is 0 Å². The monoisotopic (exact) mass is 210 g/mol. The highest BCUT2D eigenvalue weighted by Crippen LogP contribution is 2.21. The van der Waals surface area contributed by atoms with Gasteiger partial charge >= 0.3 is 0 Å². The van der Waals surface area contributed by atoms with Crippen molar-refractivity contribution in [2.75, 3.05) is 5.32 Å². The molecule has 0 aliphatic carbocycles. The van der Waals surface area contributed by atoms with E-state index in [9.17, 15) is 13.6 Å². The number of benzene rings is 1. The SMILES string of the molecule is Cc1ccc(F)c(NC(=O)CC#N)c1F. The Morgan fingerprint density at radius 3 is 2.80 bits per heavy atom. The van der Waals surface area contributed by atoms with Gasteiger partial charge in [0.1, 0.15) is 17.9 Å². The van der Waals surface area contributed by atoms with Crippen molar-refractivity contribution in [3.63, 3.8) is 0 Å². The normalized spacial score (nSPS) is 9.47. The molecule has 0 spiro atoms. The average Bonchev–Trinajstić information content (AvgIpc) is 2.19. The minimum Gasteiger partial charge on any atom is -0.320 e. The van der Waals surface area contributed by atoms with E-state index in [4.69, 9.17) is 5.26 Å². The van der Waals surface area contributed by atoms with Crippen LogP contribution in [0.25, 0.3) is 0 Å². The number of hydrogen-bond donors (Lipinski definition) is 1. The number of carbonyl (C=O) groups excluding carboxylic acids is 1. The minimum absolute atomic E-state index is 0.226. The maximum absolute atomic E-state index is 13.3. The molecule has 1 N–H and O–H groups in total. The van der Waals surface area contributed by atoms with Gasteiger partial charge in [0.15, 0.2) is 5.82 Å². The molecule has 1 rings (SSSR count). The summed E-state index contributed by atoms with van der Waals surface area (Å²) in [5.74, 6) is -2.41. The molecule has 0 radical (unpaired) electrons. The van der Waals surface area contributed by atoms with Crippen LogP contribution in [0.1, 0.15) is 12.0 Å². The van der Waals surface area contributed by atoms with E-state index in [0.717, 1.165) is 6.07 Å². The van der Waals surface area contributed by atoms with Crippen molar-refractivity contribution in [2.24, 2.45) is 0 Å². The Bertz CT molecular complexity index is 438. The Morgan fingerprint density at radius 1 is 1.53 bits per heavy atom. The third kappa shape index (κ3) is 2.50.